The second-order valence-electron chi connectivity index (χ2n) is 9.17. The van der Waals surface area contributed by atoms with E-state index < -0.39 is 64.2 Å². The minimum atomic E-state index is -5.30. The summed E-state index contributed by atoms with van der Waals surface area (Å²) >= 11 is 12.1. The lowest BCUT2D eigenvalue weighted by Crippen LogP contribution is -2.44. The summed E-state index contributed by atoms with van der Waals surface area (Å²) in [5, 5.41) is 0. The molecule has 9 nitrogen and oxygen atoms in total. The van der Waals surface area contributed by atoms with Crippen molar-refractivity contribution in [1.82, 2.24) is 0 Å². The molecule has 0 amide bonds. The van der Waals surface area contributed by atoms with Crippen LogP contribution in [0.2, 0.25) is 0 Å². The fourth-order valence-electron chi connectivity index (χ4n) is 4.06. The average molecular weight is 1300 g/mol. The normalized spacial score (nSPS) is 19.8. The molecule has 43 heavy (non-hydrogen) atoms. The fraction of sp³-hybridized carbons (Fsp3) is 0.375. The maximum atomic E-state index is 13.5. The molecule has 0 spiro atoms. The molecule has 1 aliphatic rings. The van der Waals surface area contributed by atoms with Crippen molar-refractivity contribution in [3.05, 3.63) is 56.8 Å². The molecular formula is C24H17F3I6O9S. The molecule has 0 radical (unpaired) electrons. The van der Waals surface area contributed by atoms with Crippen LogP contribution in [0.5, 0.6) is 0 Å². The molecule has 0 heterocycles. The van der Waals surface area contributed by atoms with E-state index in [1.54, 1.807) is 12.1 Å². The van der Waals surface area contributed by atoms with Crippen LogP contribution in [0.4, 0.5) is 13.2 Å². The molecule has 0 aromatic heterocycles. The van der Waals surface area contributed by atoms with Gasteiger partial charge in [-0.25, -0.2) is 9.59 Å². The number of esters is 3. The number of carbonyl (C=O) groups excluding carboxylic acids is 3. The second kappa shape index (κ2) is 15.9. The van der Waals surface area contributed by atoms with Crippen LogP contribution in [0.15, 0.2) is 24.3 Å². The van der Waals surface area contributed by atoms with Crippen molar-refractivity contribution < 1.29 is 54.7 Å². The van der Waals surface area contributed by atoms with Gasteiger partial charge in [0.1, 0.15) is 18.0 Å². The highest BCUT2D eigenvalue weighted by molar-refractivity contribution is 14.1. The number of ether oxygens (including phenoxy) is 3. The smallest absolute Gasteiger partial charge is 0.426 e. The van der Waals surface area contributed by atoms with Crippen molar-refractivity contribution >= 4 is 164 Å². The molecule has 0 aliphatic heterocycles. The minimum absolute atomic E-state index is 0.0514. The molecule has 2 aromatic rings. The molecule has 3 rings (SSSR count). The lowest BCUT2D eigenvalue weighted by Gasteiger charge is -2.34. The van der Waals surface area contributed by atoms with Gasteiger partial charge < -0.3 is 14.2 Å². The first kappa shape index (κ1) is 38.4. The molecule has 1 fully saturated rings. The Bertz CT molecular complexity index is 1460. The van der Waals surface area contributed by atoms with Crippen molar-refractivity contribution in [1.29, 1.82) is 0 Å². The van der Waals surface area contributed by atoms with Crippen LogP contribution in [0.1, 0.15) is 40.0 Å². The summed E-state index contributed by atoms with van der Waals surface area (Å²) in [6.07, 6.45) is -11.2. The minimum Gasteiger partial charge on any atom is -0.459 e. The summed E-state index contributed by atoms with van der Waals surface area (Å²) < 4.78 is 91.8. The topological polar surface area (TPSA) is 133 Å². The van der Waals surface area contributed by atoms with Crippen molar-refractivity contribution in [2.24, 2.45) is 5.92 Å². The van der Waals surface area contributed by atoms with E-state index in [1.165, 1.54) is 0 Å². The van der Waals surface area contributed by atoms with Crippen LogP contribution >= 0.6 is 136 Å². The highest BCUT2D eigenvalue weighted by atomic mass is 127. The third-order valence-corrected chi connectivity index (χ3v) is 14.0. The van der Waals surface area contributed by atoms with Crippen molar-refractivity contribution in [3.63, 3.8) is 0 Å². The zero-order valence-corrected chi connectivity index (χ0v) is 34.7. The molecule has 0 saturated heterocycles. The van der Waals surface area contributed by atoms with Gasteiger partial charge in [-0.1, -0.05) is 0 Å². The number of hydrogen-bond acceptors (Lipinski definition) is 8. The Balaban J connectivity index is 1.89. The first-order valence-electron chi connectivity index (χ1n) is 11.7. The number of carbonyl (C=O) groups is 3. The highest BCUT2D eigenvalue weighted by Gasteiger charge is 2.47. The molecule has 0 bridgehead atoms. The maximum Gasteiger partial charge on any atom is 0.426 e. The maximum absolute atomic E-state index is 13.5. The Hall–Kier alpha value is 0.930. The van der Waals surface area contributed by atoms with E-state index in [0.29, 0.717) is 7.14 Å². The quantitative estimate of drug-likeness (QED) is 0.0957. The van der Waals surface area contributed by atoms with Gasteiger partial charge in [-0.3, -0.25) is 9.35 Å². The summed E-state index contributed by atoms with van der Waals surface area (Å²) in [4.78, 5) is 39.2. The number of alkyl halides is 3. The predicted octanol–water partition coefficient (Wildman–Crippen LogP) is 7.23. The van der Waals surface area contributed by atoms with Crippen molar-refractivity contribution in [3.8, 4) is 0 Å². The number of rotatable bonds is 8. The van der Waals surface area contributed by atoms with Crippen LogP contribution < -0.4 is 0 Å². The molecule has 3 unspecified atom stereocenters. The Morgan fingerprint density at radius 1 is 0.814 bits per heavy atom. The number of hydrogen-bond donors (Lipinski definition) is 1. The fourth-order valence-corrected chi connectivity index (χ4v) is 9.46. The summed E-state index contributed by atoms with van der Waals surface area (Å²) in [5.74, 6) is -6.18. The van der Waals surface area contributed by atoms with Gasteiger partial charge in [-0.2, -0.15) is 21.6 Å². The van der Waals surface area contributed by atoms with Gasteiger partial charge in [0.05, 0.1) is 17.0 Å². The number of halogens is 9. The molecule has 3 atom stereocenters. The number of benzene rings is 2. The third kappa shape index (κ3) is 11.3. The summed E-state index contributed by atoms with van der Waals surface area (Å²) in [5.41, 5.74) is 0.479. The average Bonchev–Trinajstić information content (AvgIpc) is 2.86. The second-order valence-corrected chi connectivity index (χ2v) is 17.6. The van der Waals surface area contributed by atoms with Crippen molar-refractivity contribution in [2.75, 3.05) is 5.75 Å². The highest BCUT2D eigenvalue weighted by Crippen LogP contribution is 2.34. The first-order valence-corrected chi connectivity index (χ1v) is 19.8. The predicted molar refractivity (Wildman–Crippen MR) is 197 cm³/mol. The summed E-state index contributed by atoms with van der Waals surface area (Å²) in [6, 6.07) is 6.89. The Morgan fingerprint density at radius 2 is 1.23 bits per heavy atom. The van der Waals surface area contributed by atoms with Gasteiger partial charge in [-0.05, 0) is 173 Å². The van der Waals surface area contributed by atoms with Crippen LogP contribution in [-0.2, 0) is 29.1 Å². The van der Waals surface area contributed by atoms with Gasteiger partial charge in [0.25, 0.3) is 10.1 Å². The third-order valence-electron chi connectivity index (χ3n) is 5.91. The van der Waals surface area contributed by atoms with E-state index in [4.69, 9.17) is 14.0 Å². The molecular weight excluding hydrogens is 1280 g/mol. The van der Waals surface area contributed by atoms with Crippen LogP contribution in [0.25, 0.3) is 0 Å². The first-order chi connectivity index (χ1) is 19.7. The molecule has 236 valence electrons. The van der Waals surface area contributed by atoms with E-state index in [2.05, 4.69) is 49.9 Å². The van der Waals surface area contributed by atoms with E-state index in [1.807, 2.05) is 102 Å². The molecule has 1 aliphatic carbocycles. The molecule has 19 heteroatoms. The van der Waals surface area contributed by atoms with E-state index in [0.717, 1.165) is 14.3 Å². The lowest BCUT2D eigenvalue weighted by atomic mass is 9.85. The molecule has 1 saturated carbocycles. The van der Waals surface area contributed by atoms with Gasteiger partial charge in [0, 0.05) is 27.8 Å². The standard InChI is InChI=1S/C24H17F3I6O9S/c25-24(26,27)18(8-43(37,38)39)42-21(34)9-1-12(40-22(35)14-3-10(28)5-16(30)19(14)32)7-13(2-9)41-23(36)15-4-11(29)6-17(31)20(15)33/h3-6,9,12-13,18H,1-2,7-8H2,(H,37,38,39). The van der Waals surface area contributed by atoms with Gasteiger partial charge in [-0.15, -0.1) is 0 Å². The largest absolute Gasteiger partial charge is 0.459 e. The zero-order chi connectivity index (χ0) is 32.4. The van der Waals surface area contributed by atoms with Gasteiger partial charge in [0.15, 0.2) is 0 Å². The molecule has 2 aromatic carbocycles. The lowest BCUT2D eigenvalue weighted by molar-refractivity contribution is -0.219. The Labute approximate surface area is 325 Å². The Kier molecular flexibility index (Phi) is 14.2. The zero-order valence-electron chi connectivity index (χ0n) is 21.0. The van der Waals surface area contributed by atoms with Crippen molar-refractivity contribution in [2.45, 2.75) is 43.8 Å². The van der Waals surface area contributed by atoms with Gasteiger partial charge >= 0.3 is 24.1 Å². The van der Waals surface area contributed by atoms with Crippen LogP contribution in [-0.4, -0.2) is 61.1 Å². The summed E-state index contributed by atoms with van der Waals surface area (Å²) in [7, 11) is -5.16. The monoisotopic (exact) mass is 1300 g/mol. The van der Waals surface area contributed by atoms with E-state index in [-0.39, 0.29) is 30.4 Å². The van der Waals surface area contributed by atoms with Gasteiger partial charge in [0.2, 0.25) is 6.10 Å². The van der Waals surface area contributed by atoms with Crippen LogP contribution in [0.3, 0.4) is 0 Å². The Morgan fingerprint density at radius 3 is 1.60 bits per heavy atom. The molecule has 1 N–H and O–H groups in total. The van der Waals surface area contributed by atoms with E-state index in [9.17, 15) is 36.0 Å². The SMILES string of the molecule is O=C(OC1CC(OC(=O)c2cc(I)cc(I)c2I)CC(C(=O)OC(CS(=O)(=O)O)C(F)(F)F)C1)c1cc(I)cc(I)c1I. The van der Waals surface area contributed by atoms with Crippen LogP contribution in [0, 0.1) is 27.3 Å². The van der Waals surface area contributed by atoms with E-state index >= 15 is 0 Å². The summed E-state index contributed by atoms with van der Waals surface area (Å²) in [6.45, 7) is 0.